The Kier molecular flexibility index (Phi) is 2.64. The molecule has 0 bridgehead atoms. The lowest BCUT2D eigenvalue weighted by atomic mass is 10.0. The molecule has 0 spiro atoms. The van der Waals surface area contributed by atoms with Crippen molar-refractivity contribution in [3.05, 3.63) is 29.8 Å². The van der Waals surface area contributed by atoms with Gasteiger partial charge in [0.05, 0.1) is 12.6 Å². The Morgan fingerprint density at radius 2 is 2.13 bits per heavy atom. The summed E-state index contributed by atoms with van der Waals surface area (Å²) in [6.07, 6.45) is 0.591. The normalized spacial score (nSPS) is 20.5. The molecule has 6 heteroatoms. The molecule has 0 aliphatic carbocycles. The highest BCUT2D eigenvalue weighted by molar-refractivity contribution is 7.87. The number of fused-ring (bicyclic) bond motifs is 1. The van der Waals surface area contributed by atoms with Crippen LogP contribution < -0.4 is 14.6 Å². The fourth-order valence-corrected chi connectivity index (χ4v) is 2.30. The van der Waals surface area contributed by atoms with E-state index < -0.39 is 10.2 Å². The van der Waals surface area contributed by atoms with Crippen LogP contribution in [0.15, 0.2) is 24.3 Å². The van der Waals surface area contributed by atoms with Crippen LogP contribution in [0, 0.1) is 0 Å². The van der Waals surface area contributed by atoms with Gasteiger partial charge >= 0.3 is 0 Å². The third-order valence-electron chi connectivity index (χ3n) is 2.27. The molecule has 1 aliphatic heterocycles. The van der Waals surface area contributed by atoms with E-state index in [2.05, 4.69) is 4.72 Å². The van der Waals surface area contributed by atoms with E-state index in [4.69, 9.17) is 9.88 Å². The maximum atomic E-state index is 10.9. The van der Waals surface area contributed by atoms with Crippen molar-refractivity contribution >= 4 is 10.2 Å². The van der Waals surface area contributed by atoms with Gasteiger partial charge in [0.25, 0.3) is 10.2 Å². The fourth-order valence-electron chi connectivity index (χ4n) is 1.66. The second kappa shape index (κ2) is 3.80. The molecule has 1 aromatic rings. The monoisotopic (exact) mass is 228 g/mol. The van der Waals surface area contributed by atoms with Gasteiger partial charge in [-0.2, -0.15) is 13.1 Å². The van der Waals surface area contributed by atoms with E-state index in [1.54, 1.807) is 0 Å². The van der Waals surface area contributed by atoms with E-state index in [0.717, 1.165) is 5.56 Å². The number of hydrogen-bond acceptors (Lipinski definition) is 3. The van der Waals surface area contributed by atoms with E-state index in [9.17, 15) is 8.42 Å². The van der Waals surface area contributed by atoms with Crippen LogP contribution in [0.5, 0.6) is 5.75 Å². The largest absolute Gasteiger partial charge is 0.493 e. The molecule has 0 saturated heterocycles. The fraction of sp³-hybridized carbons (Fsp3) is 0.333. The van der Waals surface area contributed by atoms with E-state index in [1.807, 2.05) is 24.3 Å². The molecule has 1 aromatic carbocycles. The second-order valence-corrected chi connectivity index (χ2v) is 4.72. The summed E-state index contributed by atoms with van der Waals surface area (Å²) in [4.78, 5) is 0. The van der Waals surface area contributed by atoms with Crippen LogP contribution in [0.25, 0.3) is 0 Å². The molecule has 82 valence electrons. The van der Waals surface area contributed by atoms with Crippen molar-refractivity contribution in [2.45, 2.75) is 12.5 Å². The van der Waals surface area contributed by atoms with Crippen LogP contribution in [-0.2, 0) is 10.2 Å². The summed E-state index contributed by atoms with van der Waals surface area (Å²) < 4.78 is 29.6. The highest BCUT2D eigenvalue weighted by Gasteiger charge is 2.23. The predicted octanol–water partition coefficient (Wildman–Crippen LogP) is 0.303. The Labute approximate surface area is 88.4 Å². The van der Waals surface area contributed by atoms with Crippen LogP contribution in [0.1, 0.15) is 18.0 Å². The lowest BCUT2D eigenvalue weighted by Crippen LogP contribution is -2.36. The number of benzene rings is 1. The molecule has 1 atom stereocenters. The summed E-state index contributed by atoms with van der Waals surface area (Å²) >= 11 is 0. The average molecular weight is 228 g/mol. The molecular weight excluding hydrogens is 216 g/mol. The zero-order chi connectivity index (χ0) is 10.9. The molecule has 2 rings (SSSR count). The van der Waals surface area contributed by atoms with Crippen molar-refractivity contribution < 1.29 is 13.2 Å². The number of rotatable bonds is 2. The van der Waals surface area contributed by atoms with Gasteiger partial charge in [0.2, 0.25) is 0 Å². The zero-order valence-corrected chi connectivity index (χ0v) is 8.83. The quantitative estimate of drug-likeness (QED) is 0.764. The van der Waals surface area contributed by atoms with Crippen LogP contribution in [0.2, 0.25) is 0 Å². The minimum atomic E-state index is -3.67. The molecule has 0 aromatic heterocycles. The summed E-state index contributed by atoms with van der Waals surface area (Å²) in [5.41, 5.74) is 0.831. The molecule has 15 heavy (non-hydrogen) atoms. The van der Waals surface area contributed by atoms with Crippen molar-refractivity contribution in [3.63, 3.8) is 0 Å². The first-order valence-corrected chi connectivity index (χ1v) is 6.13. The lowest BCUT2D eigenvalue weighted by molar-refractivity contribution is 0.263. The predicted molar refractivity (Wildman–Crippen MR) is 55.5 cm³/mol. The number of hydrogen-bond donors (Lipinski definition) is 2. The maximum absolute atomic E-state index is 10.9. The third kappa shape index (κ3) is 2.47. The zero-order valence-electron chi connectivity index (χ0n) is 8.01. The van der Waals surface area contributed by atoms with Crippen molar-refractivity contribution in [3.8, 4) is 5.75 Å². The molecule has 3 N–H and O–H groups in total. The number of nitrogens with one attached hydrogen (secondary N) is 1. The maximum Gasteiger partial charge on any atom is 0.274 e. The van der Waals surface area contributed by atoms with E-state index in [0.29, 0.717) is 18.8 Å². The molecular formula is C9H12N2O3S. The topological polar surface area (TPSA) is 81.4 Å². The Hall–Kier alpha value is -1.11. The molecule has 0 radical (unpaired) electrons. The van der Waals surface area contributed by atoms with Crippen LogP contribution in [0.3, 0.4) is 0 Å². The first kappa shape index (κ1) is 10.4. The summed E-state index contributed by atoms with van der Waals surface area (Å²) in [7, 11) is -3.67. The Balaban J connectivity index is 2.30. The van der Waals surface area contributed by atoms with Gasteiger partial charge in [-0.15, -0.1) is 0 Å². The number of ether oxygens (including phenoxy) is 1. The molecule has 5 nitrogen and oxygen atoms in total. The van der Waals surface area contributed by atoms with Crippen molar-refractivity contribution in [1.82, 2.24) is 4.72 Å². The third-order valence-corrected chi connectivity index (χ3v) is 2.88. The summed E-state index contributed by atoms with van der Waals surface area (Å²) in [6.45, 7) is 0.490. The Morgan fingerprint density at radius 1 is 1.40 bits per heavy atom. The summed E-state index contributed by atoms with van der Waals surface area (Å²) in [6, 6.07) is 7.04. The average Bonchev–Trinajstić information content (AvgIpc) is 2.16. The van der Waals surface area contributed by atoms with Gasteiger partial charge in [-0.05, 0) is 6.07 Å². The summed E-state index contributed by atoms with van der Waals surface area (Å²) in [5, 5.41) is 4.94. The van der Waals surface area contributed by atoms with Gasteiger partial charge < -0.3 is 4.74 Å². The molecule has 0 amide bonds. The molecule has 1 aliphatic rings. The SMILES string of the molecule is NS(=O)(=O)N[C@H]1CCOc2ccccc21. The van der Waals surface area contributed by atoms with Gasteiger partial charge in [-0.1, -0.05) is 18.2 Å². The van der Waals surface area contributed by atoms with E-state index in [-0.39, 0.29) is 6.04 Å². The van der Waals surface area contributed by atoms with Crippen molar-refractivity contribution in [2.75, 3.05) is 6.61 Å². The second-order valence-electron chi connectivity index (χ2n) is 3.39. The van der Waals surface area contributed by atoms with Gasteiger partial charge in [0.1, 0.15) is 5.75 Å². The van der Waals surface area contributed by atoms with Crippen LogP contribution >= 0.6 is 0 Å². The Morgan fingerprint density at radius 3 is 2.87 bits per heavy atom. The highest BCUT2D eigenvalue weighted by atomic mass is 32.2. The van der Waals surface area contributed by atoms with E-state index in [1.165, 1.54) is 0 Å². The van der Waals surface area contributed by atoms with Gasteiger partial charge in [0, 0.05) is 12.0 Å². The van der Waals surface area contributed by atoms with Crippen LogP contribution in [-0.4, -0.2) is 15.0 Å². The van der Waals surface area contributed by atoms with E-state index >= 15 is 0 Å². The summed E-state index contributed by atoms with van der Waals surface area (Å²) in [5.74, 6) is 0.713. The molecule has 1 heterocycles. The minimum Gasteiger partial charge on any atom is -0.493 e. The van der Waals surface area contributed by atoms with Crippen LogP contribution in [0.4, 0.5) is 0 Å². The Bertz CT molecular complexity index is 458. The van der Waals surface area contributed by atoms with Crippen molar-refractivity contribution in [2.24, 2.45) is 5.14 Å². The minimum absolute atomic E-state index is 0.287. The highest BCUT2D eigenvalue weighted by Crippen LogP contribution is 2.31. The smallest absolute Gasteiger partial charge is 0.274 e. The van der Waals surface area contributed by atoms with Crippen molar-refractivity contribution in [1.29, 1.82) is 0 Å². The van der Waals surface area contributed by atoms with Gasteiger partial charge in [0.15, 0.2) is 0 Å². The first-order valence-electron chi connectivity index (χ1n) is 4.58. The molecule has 0 saturated carbocycles. The first-order chi connectivity index (χ1) is 7.06. The number of para-hydroxylation sites is 1. The number of nitrogens with two attached hydrogens (primary N) is 1. The van der Waals surface area contributed by atoms with Gasteiger partial charge in [-0.25, -0.2) is 5.14 Å². The molecule has 0 unspecified atom stereocenters. The molecule has 0 fully saturated rings. The standard InChI is InChI=1S/C9H12N2O3S/c10-15(12,13)11-8-5-6-14-9-4-2-1-3-7(8)9/h1-4,8,11H,5-6H2,(H2,10,12,13)/t8-/m0/s1. The van der Waals surface area contributed by atoms with Gasteiger partial charge in [-0.3, -0.25) is 0 Å². The lowest BCUT2D eigenvalue weighted by Gasteiger charge is -2.25.